The average Bonchev–Trinajstić information content (AvgIpc) is 2.42. The lowest BCUT2D eigenvalue weighted by molar-refractivity contribution is -0.123. The molecule has 0 unspecified atom stereocenters. The number of primary amides is 1. The summed E-state index contributed by atoms with van der Waals surface area (Å²) >= 11 is 3.41. The molecule has 2 rings (SSSR count). The van der Waals surface area contributed by atoms with E-state index in [1.807, 2.05) is 66.5 Å². The molecule has 20 heavy (non-hydrogen) atoms. The van der Waals surface area contributed by atoms with Crippen molar-refractivity contribution >= 4 is 21.8 Å². The van der Waals surface area contributed by atoms with Crippen LogP contribution < -0.4 is 5.73 Å². The maximum absolute atomic E-state index is 11.8. The number of hydrogen-bond donors (Lipinski definition) is 1. The van der Waals surface area contributed by atoms with Crippen LogP contribution in [-0.2, 0) is 11.3 Å². The van der Waals surface area contributed by atoms with Crippen LogP contribution in [0.5, 0.6) is 0 Å². The van der Waals surface area contributed by atoms with Crippen molar-refractivity contribution in [3.05, 3.63) is 70.2 Å². The molecule has 1 amide bonds. The molecule has 2 aromatic rings. The van der Waals surface area contributed by atoms with Gasteiger partial charge in [-0.05, 0) is 30.3 Å². The normalized spacial score (nSPS) is 12.3. The quantitative estimate of drug-likeness (QED) is 0.914. The van der Waals surface area contributed by atoms with Crippen molar-refractivity contribution in [2.75, 3.05) is 7.05 Å². The molecule has 1 atom stereocenters. The van der Waals surface area contributed by atoms with Gasteiger partial charge in [-0.3, -0.25) is 9.69 Å². The van der Waals surface area contributed by atoms with Gasteiger partial charge in [0.2, 0.25) is 5.91 Å². The van der Waals surface area contributed by atoms with E-state index in [0.29, 0.717) is 6.54 Å². The molecule has 2 N–H and O–H groups in total. The van der Waals surface area contributed by atoms with Gasteiger partial charge in [-0.15, -0.1) is 0 Å². The molecule has 104 valence electrons. The molecule has 0 bridgehead atoms. The van der Waals surface area contributed by atoms with E-state index >= 15 is 0 Å². The lowest BCUT2D eigenvalue weighted by Crippen LogP contribution is -2.34. The van der Waals surface area contributed by atoms with Gasteiger partial charge >= 0.3 is 0 Å². The fourth-order valence-electron chi connectivity index (χ4n) is 2.24. The summed E-state index contributed by atoms with van der Waals surface area (Å²) in [4.78, 5) is 13.7. The van der Waals surface area contributed by atoms with Gasteiger partial charge in [0.25, 0.3) is 0 Å². The first-order valence-electron chi connectivity index (χ1n) is 6.37. The minimum Gasteiger partial charge on any atom is -0.368 e. The molecule has 0 radical (unpaired) electrons. The summed E-state index contributed by atoms with van der Waals surface area (Å²) in [6.45, 7) is 0.662. The van der Waals surface area contributed by atoms with E-state index in [-0.39, 0.29) is 5.91 Å². The Morgan fingerprint density at radius 2 is 1.75 bits per heavy atom. The number of nitrogens with zero attached hydrogens (tertiary/aromatic N) is 1. The SMILES string of the molecule is CN(Cc1ccc(Br)cc1)[C@@H](C(N)=O)c1ccccc1. The second-order valence-corrected chi connectivity index (χ2v) is 5.67. The predicted octanol–water partition coefficient (Wildman–Crippen LogP) is 3.11. The molecule has 0 saturated carbocycles. The van der Waals surface area contributed by atoms with E-state index in [0.717, 1.165) is 15.6 Å². The largest absolute Gasteiger partial charge is 0.368 e. The van der Waals surface area contributed by atoms with Crippen molar-refractivity contribution in [1.29, 1.82) is 0 Å². The Morgan fingerprint density at radius 1 is 1.15 bits per heavy atom. The van der Waals surface area contributed by atoms with Gasteiger partial charge in [0.05, 0.1) is 0 Å². The third-order valence-corrected chi connectivity index (χ3v) is 3.70. The van der Waals surface area contributed by atoms with Gasteiger partial charge in [-0.2, -0.15) is 0 Å². The standard InChI is InChI=1S/C16H17BrN2O/c1-19(11-12-7-9-14(17)10-8-12)15(16(18)20)13-5-3-2-4-6-13/h2-10,15H,11H2,1H3,(H2,18,20)/t15-/m1/s1. The van der Waals surface area contributed by atoms with Crippen molar-refractivity contribution in [3.8, 4) is 0 Å². The molecule has 0 saturated heterocycles. The molecule has 0 spiro atoms. The molecular weight excluding hydrogens is 316 g/mol. The first-order chi connectivity index (χ1) is 9.58. The fraction of sp³-hybridized carbons (Fsp3) is 0.188. The maximum atomic E-state index is 11.8. The average molecular weight is 333 g/mol. The molecule has 0 aromatic heterocycles. The minimum atomic E-state index is -0.417. The molecule has 3 nitrogen and oxygen atoms in total. The van der Waals surface area contributed by atoms with Crippen LogP contribution in [0.3, 0.4) is 0 Å². The van der Waals surface area contributed by atoms with Crippen LogP contribution in [0.25, 0.3) is 0 Å². The zero-order chi connectivity index (χ0) is 14.5. The van der Waals surface area contributed by atoms with Crippen LogP contribution in [0, 0.1) is 0 Å². The lowest BCUT2D eigenvalue weighted by atomic mass is 10.0. The number of carbonyl (C=O) groups excluding carboxylic acids is 1. The summed E-state index contributed by atoms with van der Waals surface area (Å²) < 4.78 is 1.04. The van der Waals surface area contributed by atoms with E-state index < -0.39 is 6.04 Å². The van der Waals surface area contributed by atoms with Crippen LogP contribution in [-0.4, -0.2) is 17.9 Å². The van der Waals surface area contributed by atoms with Crippen LogP contribution >= 0.6 is 15.9 Å². The second-order valence-electron chi connectivity index (χ2n) is 4.76. The number of carbonyl (C=O) groups is 1. The fourth-order valence-corrected chi connectivity index (χ4v) is 2.50. The highest BCUT2D eigenvalue weighted by molar-refractivity contribution is 9.10. The van der Waals surface area contributed by atoms with Crippen LogP contribution in [0.2, 0.25) is 0 Å². The van der Waals surface area contributed by atoms with Crippen molar-refractivity contribution in [1.82, 2.24) is 4.90 Å². The van der Waals surface area contributed by atoms with Crippen LogP contribution in [0.1, 0.15) is 17.2 Å². The van der Waals surface area contributed by atoms with Crippen molar-refractivity contribution in [2.45, 2.75) is 12.6 Å². The topological polar surface area (TPSA) is 46.3 Å². The number of amides is 1. The highest BCUT2D eigenvalue weighted by Gasteiger charge is 2.22. The van der Waals surface area contributed by atoms with Crippen molar-refractivity contribution < 1.29 is 4.79 Å². The zero-order valence-corrected chi connectivity index (χ0v) is 12.9. The Labute approximate surface area is 127 Å². The molecule has 0 aliphatic heterocycles. The van der Waals surface area contributed by atoms with Gasteiger partial charge < -0.3 is 5.73 Å². The molecule has 0 heterocycles. The summed E-state index contributed by atoms with van der Waals surface area (Å²) in [7, 11) is 1.91. The molecule has 2 aromatic carbocycles. The zero-order valence-electron chi connectivity index (χ0n) is 11.3. The highest BCUT2D eigenvalue weighted by Crippen LogP contribution is 2.21. The Morgan fingerprint density at radius 3 is 2.30 bits per heavy atom. The number of likely N-dealkylation sites (N-methyl/N-ethyl adjacent to an activating group) is 1. The van der Waals surface area contributed by atoms with Crippen LogP contribution in [0.4, 0.5) is 0 Å². The maximum Gasteiger partial charge on any atom is 0.239 e. The van der Waals surface area contributed by atoms with E-state index in [9.17, 15) is 4.79 Å². The third-order valence-electron chi connectivity index (χ3n) is 3.17. The first kappa shape index (κ1) is 14.8. The van der Waals surface area contributed by atoms with Gasteiger partial charge in [-0.1, -0.05) is 58.4 Å². The summed E-state index contributed by atoms with van der Waals surface area (Å²) in [6.07, 6.45) is 0. The monoisotopic (exact) mass is 332 g/mol. The second kappa shape index (κ2) is 6.68. The molecule has 4 heteroatoms. The molecule has 0 fully saturated rings. The lowest BCUT2D eigenvalue weighted by Gasteiger charge is -2.26. The minimum absolute atomic E-state index is 0.337. The Bertz CT molecular complexity index is 569. The highest BCUT2D eigenvalue weighted by atomic mass is 79.9. The van der Waals surface area contributed by atoms with Gasteiger partial charge in [0.1, 0.15) is 6.04 Å². The first-order valence-corrected chi connectivity index (χ1v) is 7.16. The summed E-state index contributed by atoms with van der Waals surface area (Å²) in [5, 5.41) is 0. The van der Waals surface area contributed by atoms with E-state index in [4.69, 9.17) is 5.73 Å². The van der Waals surface area contributed by atoms with Gasteiger partial charge in [0.15, 0.2) is 0 Å². The number of rotatable bonds is 5. The van der Waals surface area contributed by atoms with Gasteiger partial charge in [-0.25, -0.2) is 0 Å². The van der Waals surface area contributed by atoms with Crippen molar-refractivity contribution in [2.24, 2.45) is 5.73 Å². The summed E-state index contributed by atoms with van der Waals surface area (Å²) in [5.74, 6) is -0.337. The molecule has 0 aliphatic carbocycles. The Kier molecular flexibility index (Phi) is 4.93. The van der Waals surface area contributed by atoms with E-state index in [1.165, 1.54) is 0 Å². The number of hydrogen-bond acceptors (Lipinski definition) is 2. The number of halogens is 1. The summed E-state index contributed by atoms with van der Waals surface area (Å²) in [6, 6.07) is 17.2. The van der Waals surface area contributed by atoms with E-state index in [2.05, 4.69) is 15.9 Å². The summed E-state index contributed by atoms with van der Waals surface area (Å²) in [5.41, 5.74) is 7.61. The molecule has 0 aliphatic rings. The Balaban J connectivity index is 2.18. The predicted molar refractivity (Wildman–Crippen MR) is 84.0 cm³/mol. The van der Waals surface area contributed by atoms with Crippen LogP contribution in [0.15, 0.2) is 59.1 Å². The van der Waals surface area contributed by atoms with Gasteiger partial charge in [0, 0.05) is 11.0 Å². The smallest absolute Gasteiger partial charge is 0.239 e. The van der Waals surface area contributed by atoms with E-state index in [1.54, 1.807) is 0 Å². The van der Waals surface area contributed by atoms with Crippen molar-refractivity contribution in [3.63, 3.8) is 0 Å². The molecular formula is C16H17BrN2O. The number of benzene rings is 2. The third kappa shape index (κ3) is 3.68. The Hall–Kier alpha value is -1.65. The number of nitrogens with two attached hydrogens (primary N) is 1.